The van der Waals surface area contributed by atoms with Gasteiger partial charge in [-0.05, 0) is 29.8 Å². The number of hydrogen-bond donors (Lipinski definition) is 2. The number of carbonyl (C=O) groups excluding carboxylic acids is 2. The molecule has 0 spiro atoms. The largest absolute Gasteiger partial charge is 0.495 e. The average Bonchev–Trinajstić information content (AvgIpc) is 2.55. The Bertz CT molecular complexity index is 747. The van der Waals surface area contributed by atoms with Crippen LogP contribution in [0.5, 0.6) is 5.75 Å². The minimum Gasteiger partial charge on any atom is -0.495 e. The van der Waals surface area contributed by atoms with Crippen LogP contribution in [0, 0.1) is 0 Å². The van der Waals surface area contributed by atoms with Crippen LogP contribution in [0.4, 0.5) is 5.69 Å². The highest BCUT2D eigenvalue weighted by Gasteiger charge is 2.14. The molecule has 0 saturated heterocycles. The summed E-state index contributed by atoms with van der Waals surface area (Å²) in [6.07, 6.45) is 1.44. The van der Waals surface area contributed by atoms with Crippen molar-refractivity contribution in [2.75, 3.05) is 12.4 Å². The van der Waals surface area contributed by atoms with Crippen LogP contribution < -0.4 is 15.5 Å². The smallest absolute Gasteiger partial charge is 0.329 e. The third-order valence-corrected chi connectivity index (χ3v) is 3.28. The summed E-state index contributed by atoms with van der Waals surface area (Å²) in [6, 6.07) is 14.1. The number of anilines is 1. The van der Waals surface area contributed by atoms with Gasteiger partial charge in [-0.1, -0.05) is 40.2 Å². The molecule has 0 heterocycles. The molecule has 2 amide bonds. The predicted octanol–water partition coefficient (Wildman–Crippen LogP) is 2.55. The number of halogens is 1. The molecule has 2 rings (SSSR count). The summed E-state index contributed by atoms with van der Waals surface area (Å²) in [4.78, 5) is 23.5. The molecule has 0 aliphatic carbocycles. The van der Waals surface area contributed by atoms with E-state index in [1.54, 1.807) is 24.3 Å². The van der Waals surface area contributed by atoms with E-state index in [4.69, 9.17) is 4.74 Å². The zero-order valence-corrected chi connectivity index (χ0v) is 13.8. The molecule has 0 radical (unpaired) electrons. The first-order chi connectivity index (χ1) is 11.1. The first-order valence-electron chi connectivity index (χ1n) is 6.63. The Hall–Kier alpha value is -2.67. The number of benzene rings is 2. The summed E-state index contributed by atoms with van der Waals surface area (Å²) in [5.41, 5.74) is 3.36. The van der Waals surface area contributed by atoms with Crippen molar-refractivity contribution in [3.8, 4) is 5.75 Å². The Balaban J connectivity index is 1.94. The minimum absolute atomic E-state index is 0.408. The van der Waals surface area contributed by atoms with Gasteiger partial charge in [0.25, 0.3) is 0 Å². The van der Waals surface area contributed by atoms with E-state index in [-0.39, 0.29) is 0 Å². The maximum Gasteiger partial charge on any atom is 0.329 e. The van der Waals surface area contributed by atoms with Crippen LogP contribution in [0.1, 0.15) is 5.56 Å². The third-order valence-electron chi connectivity index (χ3n) is 2.79. The van der Waals surface area contributed by atoms with Crippen molar-refractivity contribution in [3.63, 3.8) is 0 Å². The molecule has 0 aromatic heterocycles. The number of hydrogen-bond acceptors (Lipinski definition) is 4. The van der Waals surface area contributed by atoms with E-state index < -0.39 is 11.8 Å². The lowest BCUT2D eigenvalue weighted by Crippen LogP contribution is -2.32. The van der Waals surface area contributed by atoms with Crippen LogP contribution in [0.25, 0.3) is 0 Å². The molecule has 0 saturated carbocycles. The first kappa shape index (κ1) is 16.7. The number of amides is 2. The fourth-order valence-electron chi connectivity index (χ4n) is 1.73. The van der Waals surface area contributed by atoms with Gasteiger partial charge in [-0.2, -0.15) is 5.10 Å². The molecule has 23 heavy (non-hydrogen) atoms. The maximum absolute atomic E-state index is 11.8. The van der Waals surface area contributed by atoms with Crippen molar-refractivity contribution in [1.29, 1.82) is 0 Å². The second kappa shape index (κ2) is 8.09. The van der Waals surface area contributed by atoms with Gasteiger partial charge in [0.15, 0.2) is 0 Å². The second-order valence-electron chi connectivity index (χ2n) is 4.41. The number of methoxy groups -OCH3 is 1. The number of ether oxygens (including phenoxy) is 1. The Morgan fingerprint density at radius 1 is 1.13 bits per heavy atom. The molecule has 0 aliphatic heterocycles. The monoisotopic (exact) mass is 375 g/mol. The van der Waals surface area contributed by atoms with E-state index in [1.165, 1.54) is 13.3 Å². The highest BCUT2D eigenvalue weighted by molar-refractivity contribution is 9.10. The number of nitrogens with one attached hydrogen (secondary N) is 2. The first-order valence-corrected chi connectivity index (χ1v) is 7.42. The van der Waals surface area contributed by atoms with Crippen molar-refractivity contribution in [2.24, 2.45) is 5.10 Å². The molecule has 2 N–H and O–H groups in total. The lowest BCUT2D eigenvalue weighted by atomic mass is 10.2. The second-order valence-corrected chi connectivity index (χ2v) is 5.32. The highest BCUT2D eigenvalue weighted by Crippen LogP contribution is 2.22. The molecule has 7 heteroatoms. The lowest BCUT2D eigenvalue weighted by molar-refractivity contribution is -0.136. The van der Waals surface area contributed by atoms with Crippen molar-refractivity contribution in [3.05, 3.63) is 58.6 Å². The average molecular weight is 376 g/mol. The zero-order valence-electron chi connectivity index (χ0n) is 12.2. The lowest BCUT2D eigenvalue weighted by Gasteiger charge is -2.08. The summed E-state index contributed by atoms with van der Waals surface area (Å²) in [6.45, 7) is 0. The number of nitrogens with zero attached hydrogens (tertiary/aromatic N) is 1. The van der Waals surface area contributed by atoms with Crippen molar-refractivity contribution in [1.82, 2.24) is 5.43 Å². The van der Waals surface area contributed by atoms with Crippen molar-refractivity contribution < 1.29 is 14.3 Å². The van der Waals surface area contributed by atoms with Gasteiger partial charge in [-0.3, -0.25) is 9.59 Å². The molecular formula is C16H14BrN3O3. The molecule has 0 bridgehead atoms. The van der Waals surface area contributed by atoms with Crippen LogP contribution in [0.15, 0.2) is 58.1 Å². The number of para-hydroxylation sites is 2. The van der Waals surface area contributed by atoms with Gasteiger partial charge in [0.1, 0.15) is 5.75 Å². The fourth-order valence-corrected chi connectivity index (χ4v) is 2.15. The molecule has 0 fully saturated rings. The molecule has 118 valence electrons. The summed E-state index contributed by atoms with van der Waals surface area (Å²) >= 11 is 3.33. The van der Waals surface area contributed by atoms with E-state index in [0.717, 1.165) is 10.0 Å². The molecule has 0 unspecified atom stereocenters. The predicted molar refractivity (Wildman–Crippen MR) is 91.5 cm³/mol. The summed E-state index contributed by atoms with van der Waals surface area (Å²) < 4.78 is 5.99. The standard InChI is InChI=1S/C16H14BrN3O3/c1-23-14-8-3-2-7-13(14)19-15(21)16(22)20-18-10-11-5-4-6-12(17)9-11/h2-10H,1H3,(H,19,21)(H,20,22)/b18-10+. The van der Waals surface area contributed by atoms with Crippen molar-refractivity contribution in [2.45, 2.75) is 0 Å². The van der Waals surface area contributed by atoms with Gasteiger partial charge in [0.05, 0.1) is 19.0 Å². The fraction of sp³-hybridized carbons (Fsp3) is 0.0625. The van der Waals surface area contributed by atoms with E-state index in [2.05, 4.69) is 31.8 Å². The molecule has 2 aromatic carbocycles. The normalized spacial score (nSPS) is 10.3. The minimum atomic E-state index is -0.873. The number of hydrazone groups is 1. The molecular weight excluding hydrogens is 362 g/mol. The van der Waals surface area contributed by atoms with E-state index >= 15 is 0 Å². The maximum atomic E-state index is 11.8. The highest BCUT2D eigenvalue weighted by atomic mass is 79.9. The zero-order chi connectivity index (χ0) is 16.7. The molecule has 6 nitrogen and oxygen atoms in total. The van der Waals surface area contributed by atoms with Crippen LogP contribution in [0.3, 0.4) is 0 Å². The topological polar surface area (TPSA) is 79.8 Å². The SMILES string of the molecule is COc1ccccc1NC(=O)C(=O)N/N=C/c1cccc(Br)c1. The Morgan fingerprint density at radius 2 is 1.91 bits per heavy atom. The van der Waals surface area contributed by atoms with Crippen LogP contribution in [-0.4, -0.2) is 25.1 Å². The van der Waals surface area contributed by atoms with E-state index in [9.17, 15) is 9.59 Å². The van der Waals surface area contributed by atoms with Gasteiger partial charge >= 0.3 is 11.8 Å². The molecule has 2 aromatic rings. The summed E-state index contributed by atoms with van der Waals surface area (Å²) in [5.74, 6) is -1.24. The van der Waals surface area contributed by atoms with E-state index in [1.807, 2.05) is 24.3 Å². The number of rotatable bonds is 4. The Labute approximate surface area is 141 Å². The van der Waals surface area contributed by atoms with Gasteiger partial charge < -0.3 is 10.1 Å². The quantitative estimate of drug-likeness (QED) is 0.489. The van der Waals surface area contributed by atoms with Crippen LogP contribution in [0.2, 0.25) is 0 Å². The molecule has 0 aliphatic rings. The summed E-state index contributed by atoms with van der Waals surface area (Å²) in [5, 5.41) is 6.21. The van der Waals surface area contributed by atoms with Gasteiger partial charge in [0, 0.05) is 4.47 Å². The third kappa shape index (κ3) is 4.93. The summed E-state index contributed by atoms with van der Waals surface area (Å²) in [7, 11) is 1.48. The Morgan fingerprint density at radius 3 is 2.65 bits per heavy atom. The van der Waals surface area contributed by atoms with Gasteiger partial charge in [-0.25, -0.2) is 5.43 Å². The van der Waals surface area contributed by atoms with Crippen LogP contribution >= 0.6 is 15.9 Å². The van der Waals surface area contributed by atoms with E-state index in [0.29, 0.717) is 11.4 Å². The van der Waals surface area contributed by atoms with Gasteiger partial charge in [0.2, 0.25) is 0 Å². The number of carbonyl (C=O) groups is 2. The van der Waals surface area contributed by atoms with Crippen molar-refractivity contribution >= 4 is 39.6 Å². The Kier molecular flexibility index (Phi) is 5.87. The van der Waals surface area contributed by atoms with Gasteiger partial charge in [-0.15, -0.1) is 0 Å². The molecule has 0 atom stereocenters. The van der Waals surface area contributed by atoms with Crippen LogP contribution in [-0.2, 0) is 9.59 Å².